The number of hydrogen-bond acceptors (Lipinski definition) is 4. The molecule has 2 fully saturated rings. The van der Waals surface area contributed by atoms with Crippen LogP contribution in [-0.4, -0.2) is 67.6 Å². The van der Waals surface area contributed by atoms with Crippen LogP contribution in [0.15, 0.2) is 24.3 Å². The van der Waals surface area contributed by atoms with E-state index in [4.69, 9.17) is 9.47 Å². The number of hydrogen-bond donors (Lipinski definition) is 0. The Balaban J connectivity index is 1.52. The zero-order valence-corrected chi connectivity index (χ0v) is 14.1. The molecule has 0 spiro atoms. The molecule has 3 rings (SSSR count). The van der Waals surface area contributed by atoms with Crippen LogP contribution in [0.5, 0.6) is 5.75 Å². The summed E-state index contributed by atoms with van der Waals surface area (Å²) in [7, 11) is 1.61. The number of ether oxygens (including phenoxy) is 2. The third kappa shape index (κ3) is 3.70. The second-order valence-electron chi connectivity index (χ2n) is 6.20. The van der Waals surface area contributed by atoms with E-state index in [-0.39, 0.29) is 17.9 Å². The quantitative estimate of drug-likeness (QED) is 0.828. The molecule has 0 aliphatic carbocycles. The summed E-state index contributed by atoms with van der Waals surface area (Å²) in [4.78, 5) is 28.5. The van der Waals surface area contributed by atoms with E-state index < -0.39 is 0 Å². The number of carbonyl (C=O) groups excluding carboxylic acids is 2. The molecule has 1 atom stereocenters. The SMILES string of the molecule is COc1ccccc1CC(=O)N1CCN(C(=O)[C@H]2CCCO2)CC1. The fourth-order valence-corrected chi connectivity index (χ4v) is 3.28. The van der Waals surface area contributed by atoms with Gasteiger partial charge >= 0.3 is 0 Å². The first-order valence-corrected chi connectivity index (χ1v) is 8.49. The third-order valence-corrected chi connectivity index (χ3v) is 4.68. The number of carbonyl (C=O) groups is 2. The Morgan fingerprint density at radius 3 is 2.54 bits per heavy atom. The summed E-state index contributed by atoms with van der Waals surface area (Å²) in [5.41, 5.74) is 0.892. The zero-order chi connectivity index (χ0) is 16.9. The first kappa shape index (κ1) is 16.8. The van der Waals surface area contributed by atoms with E-state index in [0.29, 0.717) is 39.2 Å². The van der Waals surface area contributed by atoms with Crippen LogP contribution in [-0.2, 0) is 20.7 Å². The second kappa shape index (κ2) is 7.66. The van der Waals surface area contributed by atoms with Gasteiger partial charge in [-0.05, 0) is 18.9 Å². The van der Waals surface area contributed by atoms with Crippen LogP contribution >= 0.6 is 0 Å². The Bertz CT molecular complexity index is 590. The summed E-state index contributed by atoms with van der Waals surface area (Å²) in [5, 5.41) is 0. The van der Waals surface area contributed by atoms with E-state index in [1.165, 1.54) is 0 Å². The van der Waals surface area contributed by atoms with Crippen LogP contribution < -0.4 is 4.74 Å². The number of nitrogens with zero attached hydrogens (tertiary/aromatic N) is 2. The molecule has 0 saturated carbocycles. The van der Waals surface area contributed by atoms with Crippen molar-refractivity contribution in [3.63, 3.8) is 0 Å². The van der Waals surface area contributed by atoms with Gasteiger partial charge in [0.2, 0.25) is 5.91 Å². The molecular weight excluding hydrogens is 308 g/mol. The number of piperazine rings is 1. The van der Waals surface area contributed by atoms with Gasteiger partial charge < -0.3 is 19.3 Å². The molecule has 1 aromatic rings. The molecule has 0 radical (unpaired) electrons. The van der Waals surface area contributed by atoms with E-state index in [2.05, 4.69) is 0 Å². The van der Waals surface area contributed by atoms with Crippen LogP contribution in [0.3, 0.4) is 0 Å². The smallest absolute Gasteiger partial charge is 0.251 e. The predicted octanol–water partition coefficient (Wildman–Crippen LogP) is 1.09. The number of benzene rings is 1. The lowest BCUT2D eigenvalue weighted by Crippen LogP contribution is -2.53. The van der Waals surface area contributed by atoms with Crippen molar-refractivity contribution in [1.82, 2.24) is 9.80 Å². The zero-order valence-electron chi connectivity index (χ0n) is 14.1. The number of amides is 2. The monoisotopic (exact) mass is 332 g/mol. The summed E-state index contributed by atoms with van der Waals surface area (Å²) in [6, 6.07) is 7.57. The Labute approximate surface area is 142 Å². The molecule has 0 aromatic heterocycles. The molecule has 2 amide bonds. The fraction of sp³-hybridized carbons (Fsp3) is 0.556. The molecule has 6 nitrogen and oxygen atoms in total. The average molecular weight is 332 g/mol. The second-order valence-corrected chi connectivity index (χ2v) is 6.20. The van der Waals surface area contributed by atoms with Gasteiger partial charge in [0, 0.05) is 38.3 Å². The van der Waals surface area contributed by atoms with Crippen molar-refractivity contribution in [2.24, 2.45) is 0 Å². The van der Waals surface area contributed by atoms with Gasteiger partial charge in [0.25, 0.3) is 5.91 Å². The van der Waals surface area contributed by atoms with Crippen molar-refractivity contribution in [3.8, 4) is 5.75 Å². The Hall–Kier alpha value is -2.08. The van der Waals surface area contributed by atoms with E-state index in [1.54, 1.807) is 7.11 Å². The average Bonchev–Trinajstić information content (AvgIpc) is 3.16. The lowest BCUT2D eigenvalue weighted by atomic mass is 10.1. The summed E-state index contributed by atoms with van der Waals surface area (Å²) in [6.45, 7) is 2.99. The van der Waals surface area contributed by atoms with Crippen LogP contribution in [0.4, 0.5) is 0 Å². The maximum Gasteiger partial charge on any atom is 0.251 e. The van der Waals surface area contributed by atoms with Gasteiger partial charge in [-0.1, -0.05) is 18.2 Å². The molecule has 24 heavy (non-hydrogen) atoms. The Morgan fingerprint density at radius 2 is 1.88 bits per heavy atom. The minimum absolute atomic E-state index is 0.0729. The molecule has 130 valence electrons. The first-order chi connectivity index (χ1) is 11.7. The standard InChI is InChI=1S/C18H24N2O4/c1-23-15-6-3-2-5-14(15)13-17(21)19-8-10-20(11-9-19)18(22)16-7-4-12-24-16/h2-3,5-6,16H,4,7-13H2,1H3/t16-/m1/s1. The molecule has 2 aliphatic rings. The maximum atomic E-state index is 12.5. The normalized spacial score (nSPS) is 21.0. The molecular formula is C18H24N2O4. The van der Waals surface area contributed by atoms with Gasteiger partial charge in [0.1, 0.15) is 11.9 Å². The van der Waals surface area contributed by atoms with Crippen molar-refractivity contribution < 1.29 is 19.1 Å². The van der Waals surface area contributed by atoms with Crippen molar-refractivity contribution >= 4 is 11.8 Å². The topological polar surface area (TPSA) is 59.1 Å². The van der Waals surface area contributed by atoms with Crippen molar-refractivity contribution in [2.45, 2.75) is 25.4 Å². The van der Waals surface area contributed by atoms with Gasteiger partial charge in [-0.2, -0.15) is 0 Å². The van der Waals surface area contributed by atoms with Gasteiger partial charge in [-0.3, -0.25) is 9.59 Å². The number of methoxy groups -OCH3 is 1. The number of para-hydroxylation sites is 1. The van der Waals surface area contributed by atoms with E-state index >= 15 is 0 Å². The van der Waals surface area contributed by atoms with E-state index in [0.717, 1.165) is 24.2 Å². The summed E-state index contributed by atoms with van der Waals surface area (Å²) in [6.07, 6.45) is 1.81. The van der Waals surface area contributed by atoms with E-state index in [9.17, 15) is 9.59 Å². The minimum atomic E-state index is -0.277. The molecule has 2 aliphatic heterocycles. The van der Waals surface area contributed by atoms with Crippen molar-refractivity contribution in [1.29, 1.82) is 0 Å². The lowest BCUT2D eigenvalue weighted by Gasteiger charge is -2.35. The van der Waals surface area contributed by atoms with Crippen LogP contribution in [0.25, 0.3) is 0 Å². The van der Waals surface area contributed by atoms with Crippen LogP contribution in [0.2, 0.25) is 0 Å². The molecule has 6 heteroatoms. The highest BCUT2D eigenvalue weighted by Crippen LogP contribution is 2.20. The summed E-state index contributed by atoms with van der Waals surface area (Å²) in [5.74, 6) is 0.881. The predicted molar refractivity (Wildman–Crippen MR) is 88.8 cm³/mol. The molecule has 0 unspecified atom stereocenters. The number of rotatable bonds is 4. The first-order valence-electron chi connectivity index (χ1n) is 8.49. The minimum Gasteiger partial charge on any atom is -0.496 e. The lowest BCUT2D eigenvalue weighted by molar-refractivity contribution is -0.145. The van der Waals surface area contributed by atoms with Crippen molar-refractivity contribution in [3.05, 3.63) is 29.8 Å². The molecule has 1 aromatic carbocycles. The Morgan fingerprint density at radius 1 is 1.17 bits per heavy atom. The van der Waals surface area contributed by atoms with Gasteiger partial charge in [-0.25, -0.2) is 0 Å². The van der Waals surface area contributed by atoms with E-state index in [1.807, 2.05) is 34.1 Å². The van der Waals surface area contributed by atoms with Gasteiger partial charge in [-0.15, -0.1) is 0 Å². The van der Waals surface area contributed by atoms with Gasteiger partial charge in [0.15, 0.2) is 0 Å². The fourth-order valence-electron chi connectivity index (χ4n) is 3.28. The van der Waals surface area contributed by atoms with Gasteiger partial charge in [0.05, 0.1) is 13.5 Å². The highest BCUT2D eigenvalue weighted by atomic mass is 16.5. The largest absolute Gasteiger partial charge is 0.496 e. The maximum absolute atomic E-state index is 12.5. The summed E-state index contributed by atoms with van der Waals surface area (Å²) < 4.78 is 10.8. The third-order valence-electron chi connectivity index (χ3n) is 4.68. The van der Waals surface area contributed by atoms with Crippen LogP contribution in [0, 0.1) is 0 Å². The van der Waals surface area contributed by atoms with Crippen molar-refractivity contribution in [2.75, 3.05) is 39.9 Å². The summed E-state index contributed by atoms with van der Waals surface area (Å²) >= 11 is 0. The Kier molecular flexibility index (Phi) is 5.35. The highest BCUT2D eigenvalue weighted by molar-refractivity contribution is 5.82. The van der Waals surface area contributed by atoms with Crippen LogP contribution in [0.1, 0.15) is 18.4 Å². The molecule has 2 heterocycles. The molecule has 0 bridgehead atoms. The molecule has 0 N–H and O–H groups in total. The molecule has 2 saturated heterocycles. The highest BCUT2D eigenvalue weighted by Gasteiger charge is 2.31.